The van der Waals surface area contributed by atoms with Gasteiger partial charge in [0.2, 0.25) is 0 Å². The van der Waals surface area contributed by atoms with E-state index < -0.39 is 8.80 Å². The van der Waals surface area contributed by atoms with Crippen molar-refractivity contribution in [2.75, 3.05) is 13.2 Å². The van der Waals surface area contributed by atoms with Gasteiger partial charge in [-0.2, -0.15) is 0 Å². The summed E-state index contributed by atoms with van der Waals surface area (Å²) in [6.07, 6.45) is 1.92. The van der Waals surface area contributed by atoms with E-state index in [2.05, 4.69) is 81.4 Å². The van der Waals surface area contributed by atoms with E-state index in [4.69, 9.17) is 15.6 Å². The highest BCUT2D eigenvalue weighted by atomic mass is 28.3. The molecular weight excluding hydrogens is 338 g/mol. The minimum absolute atomic E-state index is 0.0461. The van der Waals surface area contributed by atoms with Crippen molar-refractivity contribution in [1.82, 2.24) is 0 Å². The van der Waals surface area contributed by atoms with Crippen molar-refractivity contribution in [2.45, 2.75) is 50.8 Å². The molecular formula is C22H33NO2Si. The molecule has 0 bridgehead atoms. The Balaban J connectivity index is 0.000000228. The summed E-state index contributed by atoms with van der Waals surface area (Å²) < 4.78 is 5.16. The molecule has 1 aliphatic rings. The van der Waals surface area contributed by atoms with Gasteiger partial charge in [0, 0.05) is 6.04 Å². The van der Waals surface area contributed by atoms with E-state index in [1.807, 2.05) is 0 Å². The fraction of sp³-hybridized carbons (Fsp3) is 0.455. The van der Waals surface area contributed by atoms with Crippen LogP contribution < -0.4 is 16.1 Å². The van der Waals surface area contributed by atoms with Gasteiger partial charge < -0.3 is 15.6 Å². The highest BCUT2D eigenvalue weighted by Gasteiger charge is 2.29. The van der Waals surface area contributed by atoms with Gasteiger partial charge in [0.15, 0.2) is 0 Å². The minimum atomic E-state index is -1.14. The van der Waals surface area contributed by atoms with Gasteiger partial charge in [-0.05, 0) is 17.9 Å². The van der Waals surface area contributed by atoms with Gasteiger partial charge in [-0.15, -0.1) is 0 Å². The molecule has 2 aromatic rings. The minimum Gasteiger partial charge on any atom is -0.394 e. The smallest absolute Gasteiger partial charge is 0.108 e. The summed E-state index contributed by atoms with van der Waals surface area (Å²) in [5, 5.41) is 12.0. The normalized spacial score (nSPS) is 20.4. The summed E-state index contributed by atoms with van der Waals surface area (Å²) in [6.45, 7) is 7.83. The average molecular weight is 372 g/mol. The van der Waals surface area contributed by atoms with Crippen LogP contribution in [0.5, 0.6) is 0 Å². The van der Waals surface area contributed by atoms with Crippen molar-refractivity contribution in [3.05, 3.63) is 60.7 Å². The molecule has 142 valence electrons. The van der Waals surface area contributed by atoms with Crippen LogP contribution in [0.15, 0.2) is 60.7 Å². The third kappa shape index (κ3) is 6.36. The van der Waals surface area contributed by atoms with Crippen LogP contribution in [0.4, 0.5) is 0 Å². The fourth-order valence-electron chi connectivity index (χ4n) is 3.45. The number of hydrogen-bond acceptors (Lipinski definition) is 3. The maximum absolute atomic E-state index is 8.61. The van der Waals surface area contributed by atoms with Gasteiger partial charge in [-0.1, -0.05) is 91.8 Å². The lowest BCUT2D eigenvalue weighted by molar-refractivity contribution is -0.0254. The van der Waals surface area contributed by atoms with E-state index in [1.165, 1.54) is 10.4 Å². The second-order valence-electron chi connectivity index (χ2n) is 8.10. The van der Waals surface area contributed by atoms with E-state index in [0.717, 1.165) is 12.8 Å². The second-order valence-corrected chi connectivity index (χ2v) is 12.0. The summed E-state index contributed by atoms with van der Waals surface area (Å²) in [6, 6.07) is 22.2. The molecule has 1 aliphatic heterocycles. The summed E-state index contributed by atoms with van der Waals surface area (Å²) in [5.41, 5.74) is 5.55. The standard InChI is InChI=1S/C16H20Si.C6H13NO2/c1-16(2,3)17(14-10-6-4-7-11-14)15-12-8-5-9-13-15;7-5-1-2-6(3-8)9-4-5/h4-13,17H,1-3H3;5-6,8H,1-4,7H2/t;5-,6+/m.1/s1. The Morgan fingerprint density at radius 2 is 1.46 bits per heavy atom. The molecule has 26 heavy (non-hydrogen) atoms. The Hall–Kier alpha value is -1.46. The van der Waals surface area contributed by atoms with E-state index in [-0.39, 0.29) is 18.8 Å². The Morgan fingerprint density at radius 1 is 0.962 bits per heavy atom. The van der Waals surface area contributed by atoms with Crippen LogP contribution in [0.3, 0.4) is 0 Å². The van der Waals surface area contributed by atoms with Crippen molar-refractivity contribution in [3.8, 4) is 0 Å². The molecule has 0 aromatic heterocycles. The molecule has 2 aromatic carbocycles. The predicted molar refractivity (Wildman–Crippen MR) is 113 cm³/mol. The van der Waals surface area contributed by atoms with Gasteiger partial charge >= 0.3 is 0 Å². The molecule has 0 saturated carbocycles. The Labute approximate surface area is 159 Å². The monoisotopic (exact) mass is 371 g/mol. The molecule has 3 N–H and O–H groups in total. The Kier molecular flexibility index (Phi) is 8.03. The van der Waals surface area contributed by atoms with Gasteiger partial charge in [-0.3, -0.25) is 0 Å². The van der Waals surface area contributed by atoms with Crippen LogP contribution >= 0.6 is 0 Å². The van der Waals surface area contributed by atoms with E-state index in [0.29, 0.717) is 11.6 Å². The number of hydrogen-bond donors (Lipinski definition) is 2. The number of rotatable bonds is 3. The summed E-state index contributed by atoms with van der Waals surface area (Å²) in [5.74, 6) is 0. The Bertz CT molecular complexity index is 580. The average Bonchev–Trinajstić information content (AvgIpc) is 2.64. The third-order valence-corrected chi connectivity index (χ3v) is 8.58. The van der Waals surface area contributed by atoms with Gasteiger partial charge in [0.25, 0.3) is 0 Å². The molecule has 0 spiro atoms. The maximum Gasteiger partial charge on any atom is 0.108 e. The maximum atomic E-state index is 8.61. The number of ether oxygens (including phenoxy) is 1. The zero-order chi connectivity index (χ0) is 19.0. The van der Waals surface area contributed by atoms with Gasteiger partial charge in [0.05, 0.1) is 19.3 Å². The molecule has 4 heteroatoms. The number of benzene rings is 2. The molecule has 0 amide bonds. The van der Waals surface area contributed by atoms with Crippen LogP contribution in [0.25, 0.3) is 0 Å². The first-order valence-corrected chi connectivity index (χ1v) is 11.2. The lowest BCUT2D eigenvalue weighted by Crippen LogP contribution is -2.48. The first kappa shape index (κ1) is 20.8. The highest BCUT2D eigenvalue weighted by molar-refractivity contribution is 6.87. The van der Waals surface area contributed by atoms with Crippen molar-refractivity contribution >= 4 is 19.2 Å². The van der Waals surface area contributed by atoms with Crippen LogP contribution in [0, 0.1) is 0 Å². The summed E-state index contributed by atoms with van der Waals surface area (Å²) in [7, 11) is -1.14. The van der Waals surface area contributed by atoms with Crippen molar-refractivity contribution in [2.24, 2.45) is 5.73 Å². The van der Waals surface area contributed by atoms with Crippen LogP contribution in [-0.4, -0.2) is 39.3 Å². The van der Waals surface area contributed by atoms with Crippen LogP contribution in [0.1, 0.15) is 33.6 Å². The SMILES string of the molecule is CC(C)(C)[SiH](c1ccccc1)c1ccccc1.N[C@@H]1CC[C@@H](CO)OC1. The highest BCUT2D eigenvalue weighted by Crippen LogP contribution is 2.26. The summed E-state index contributed by atoms with van der Waals surface area (Å²) in [4.78, 5) is 0. The molecule has 0 aliphatic carbocycles. The molecule has 0 radical (unpaired) electrons. The van der Waals surface area contributed by atoms with Crippen LogP contribution in [0.2, 0.25) is 5.04 Å². The molecule has 3 rings (SSSR count). The molecule has 1 heterocycles. The molecule has 0 unspecified atom stereocenters. The first-order chi connectivity index (χ1) is 12.4. The van der Waals surface area contributed by atoms with Crippen molar-refractivity contribution < 1.29 is 9.84 Å². The van der Waals surface area contributed by atoms with Crippen molar-refractivity contribution in [1.29, 1.82) is 0 Å². The van der Waals surface area contributed by atoms with Crippen molar-refractivity contribution in [3.63, 3.8) is 0 Å². The first-order valence-electron chi connectivity index (χ1n) is 9.49. The number of nitrogens with two attached hydrogens (primary N) is 1. The molecule has 2 atom stereocenters. The Morgan fingerprint density at radius 3 is 1.81 bits per heavy atom. The molecule has 1 saturated heterocycles. The van der Waals surface area contributed by atoms with E-state index >= 15 is 0 Å². The van der Waals surface area contributed by atoms with Gasteiger partial charge in [-0.25, -0.2) is 0 Å². The lowest BCUT2D eigenvalue weighted by Gasteiger charge is -2.30. The largest absolute Gasteiger partial charge is 0.394 e. The van der Waals surface area contributed by atoms with E-state index in [9.17, 15) is 0 Å². The number of aliphatic hydroxyl groups is 1. The second kappa shape index (κ2) is 10.0. The third-order valence-electron chi connectivity index (χ3n) is 4.74. The molecule has 3 nitrogen and oxygen atoms in total. The van der Waals surface area contributed by atoms with Gasteiger partial charge in [0.1, 0.15) is 8.80 Å². The predicted octanol–water partition coefficient (Wildman–Crippen LogP) is 2.31. The fourth-order valence-corrected chi connectivity index (χ4v) is 7.05. The van der Waals surface area contributed by atoms with E-state index in [1.54, 1.807) is 0 Å². The summed E-state index contributed by atoms with van der Waals surface area (Å²) >= 11 is 0. The zero-order valence-electron chi connectivity index (χ0n) is 16.3. The molecule has 1 fully saturated rings. The van der Waals surface area contributed by atoms with Crippen LogP contribution in [-0.2, 0) is 4.74 Å². The lowest BCUT2D eigenvalue weighted by atomic mass is 10.1. The topological polar surface area (TPSA) is 55.5 Å². The quantitative estimate of drug-likeness (QED) is 0.814. The number of aliphatic hydroxyl groups excluding tert-OH is 1. The zero-order valence-corrected chi connectivity index (χ0v) is 17.4.